The minimum Gasteiger partial charge on any atom is -0.453 e. The number of anilines is 1. The number of pyridine rings is 1. The van der Waals surface area contributed by atoms with E-state index in [0.717, 1.165) is 5.13 Å². The molecule has 9 nitrogen and oxygen atoms in total. The van der Waals surface area contributed by atoms with Crippen LogP contribution in [0.3, 0.4) is 0 Å². The van der Waals surface area contributed by atoms with Crippen molar-refractivity contribution in [1.29, 1.82) is 0 Å². The van der Waals surface area contributed by atoms with E-state index in [1.807, 2.05) is 4.90 Å². The van der Waals surface area contributed by atoms with Crippen molar-refractivity contribution >= 4 is 34.4 Å². The minimum absolute atomic E-state index is 0.0385. The fraction of sp³-hybridized carbons (Fsp3) is 0.182. The van der Waals surface area contributed by atoms with Gasteiger partial charge in [0.1, 0.15) is 11.4 Å². The molecule has 2 amide bonds. The van der Waals surface area contributed by atoms with Crippen LogP contribution in [-0.4, -0.2) is 48.1 Å². The lowest BCUT2D eigenvalue weighted by atomic mass is 10.2. The van der Waals surface area contributed by atoms with E-state index in [0.29, 0.717) is 37.6 Å². The molecule has 0 unspecified atom stereocenters. The predicted octanol–water partition coefficient (Wildman–Crippen LogP) is 2.78. The van der Waals surface area contributed by atoms with Crippen molar-refractivity contribution < 1.29 is 23.5 Å². The van der Waals surface area contributed by atoms with E-state index in [2.05, 4.69) is 20.8 Å². The second-order valence-corrected chi connectivity index (χ2v) is 7.71. The lowest BCUT2D eigenvalue weighted by molar-refractivity contribution is -0.117. The molecule has 1 aliphatic rings. The number of carbonyl (C=O) groups is 2. The van der Waals surface area contributed by atoms with E-state index >= 15 is 0 Å². The first kappa shape index (κ1) is 22.4. The number of nitrogens with one attached hydrogen (secondary N) is 2. The minimum atomic E-state index is -0.589. The average Bonchev–Trinajstić information content (AvgIpc) is 3.34. The van der Waals surface area contributed by atoms with Crippen LogP contribution < -0.4 is 20.5 Å². The second kappa shape index (κ2) is 10.7. The van der Waals surface area contributed by atoms with E-state index in [1.54, 1.807) is 29.8 Å². The van der Waals surface area contributed by atoms with E-state index < -0.39 is 17.6 Å². The Labute approximate surface area is 192 Å². The van der Waals surface area contributed by atoms with Gasteiger partial charge in [-0.1, -0.05) is 6.07 Å². The molecular weight excluding hydrogens is 449 g/mol. The van der Waals surface area contributed by atoms with Crippen LogP contribution in [0.1, 0.15) is 16.1 Å². The molecule has 0 spiro atoms. The van der Waals surface area contributed by atoms with Crippen molar-refractivity contribution in [3.63, 3.8) is 0 Å². The molecule has 2 aromatic heterocycles. The smallest absolute Gasteiger partial charge is 0.289 e. The number of rotatable bonds is 6. The van der Waals surface area contributed by atoms with Crippen LogP contribution in [0.15, 0.2) is 54.2 Å². The van der Waals surface area contributed by atoms with E-state index in [-0.39, 0.29) is 11.4 Å². The molecule has 1 aromatic carbocycles. The highest BCUT2D eigenvalue weighted by Crippen LogP contribution is 2.25. The molecule has 0 radical (unpaired) electrons. The Morgan fingerprint density at radius 1 is 1.21 bits per heavy atom. The number of amides is 2. The summed E-state index contributed by atoms with van der Waals surface area (Å²) < 4.78 is 25.0. The number of benzene rings is 1. The van der Waals surface area contributed by atoms with Gasteiger partial charge < -0.3 is 14.4 Å². The highest BCUT2D eigenvalue weighted by atomic mass is 32.1. The maximum atomic E-state index is 14.3. The first-order valence-electron chi connectivity index (χ1n) is 10.0. The molecule has 3 heterocycles. The molecule has 0 atom stereocenters. The van der Waals surface area contributed by atoms with E-state index in [1.165, 1.54) is 41.8 Å². The zero-order valence-corrected chi connectivity index (χ0v) is 18.2. The molecular formula is C22H20FN5O4S. The average molecular weight is 469 g/mol. The number of nitrogens with zero attached hydrogens (tertiary/aromatic N) is 3. The van der Waals surface area contributed by atoms with Gasteiger partial charge in [0, 0.05) is 30.7 Å². The fourth-order valence-electron chi connectivity index (χ4n) is 2.90. The molecule has 0 saturated carbocycles. The normalized spacial score (nSPS) is 13.7. The van der Waals surface area contributed by atoms with E-state index in [4.69, 9.17) is 9.47 Å². The molecule has 0 aliphatic carbocycles. The molecule has 11 heteroatoms. The van der Waals surface area contributed by atoms with Crippen LogP contribution in [0.25, 0.3) is 6.08 Å². The van der Waals surface area contributed by atoms with Crippen molar-refractivity contribution in [1.82, 2.24) is 20.8 Å². The summed E-state index contributed by atoms with van der Waals surface area (Å²) in [5.74, 6) is -1.25. The van der Waals surface area contributed by atoms with Gasteiger partial charge in [-0.3, -0.25) is 25.4 Å². The number of thiazole rings is 1. The van der Waals surface area contributed by atoms with Gasteiger partial charge in [-0.25, -0.2) is 9.37 Å². The molecule has 1 aliphatic heterocycles. The quantitative estimate of drug-likeness (QED) is 0.422. The molecule has 1 fully saturated rings. The van der Waals surface area contributed by atoms with Crippen molar-refractivity contribution in [2.24, 2.45) is 0 Å². The number of hydrazine groups is 1. The highest BCUT2D eigenvalue weighted by molar-refractivity contribution is 7.13. The SMILES string of the molecule is O=C(/C=C/c1ccc(Oc2cccnc2)c(F)c1)NNC(=O)c1csc(N2CCOCC2)n1. The van der Waals surface area contributed by atoms with Crippen molar-refractivity contribution in [2.45, 2.75) is 0 Å². The molecule has 3 aromatic rings. The molecule has 2 N–H and O–H groups in total. The van der Waals surface area contributed by atoms with Crippen LogP contribution in [0, 0.1) is 5.82 Å². The third kappa shape index (κ3) is 6.11. The topological polar surface area (TPSA) is 106 Å². The zero-order valence-electron chi connectivity index (χ0n) is 17.4. The van der Waals surface area contributed by atoms with Gasteiger partial charge in [0.2, 0.25) is 0 Å². The summed E-state index contributed by atoms with van der Waals surface area (Å²) in [4.78, 5) is 34.5. The van der Waals surface area contributed by atoms with Gasteiger partial charge in [0.25, 0.3) is 11.8 Å². The van der Waals surface area contributed by atoms with Crippen molar-refractivity contribution in [3.8, 4) is 11.5 Å². The third-order valence-electron chi connectivity index (χ3n) is 4.55. The first-order chi connectivity index (χ1) is 16.1. The van der Waals surface area contributed by atoms with Crippen LogP contribution in [0.4, 0.5) is 9.52 Å². The monoisotopic (exact) mass is 469 g/mol. The maximum Gasteiger partial charge on any atom is 0.289 e. The molecule has 170 valence electrons. The maximum absolute atomic E-state index is 14.3. The number of aromatic nitrogens is 2. The van der Waals surface area contributed by atoms with Crippen molar-refractivity contribution in [3.05, 3.63) is 71.3 Å². The van der Waals surface area contributed by atoms with Crippen LogP contribution >= 0.6 is 11.3 Å². The Morgan fingerprint density at radius 2 is 2.06 bits per heavy atom. The molecule has 33 heavy (non-hydrogen) atoms. The number of carbonyl (C=O) groups excluding carboxylic acids is 2. The van der Waals surface area contributed by atoms with Crippen LogP contribution in [0.2, 0.25) is 0 Å². The summed E-state index contributed by atoms with van der Waals surface area (Å²) in [6, 6.07) is 7.62. The third-order valence-corrected chi connectivity index (χ3v) is 5.45. The Balaban J connectivity index is 1.28. The Kier molecular flexibility index (Phi) is 7.22. The largest absolute Gasteiger partial charge is 0.453 e. The standard InChI is InChI=1S/C22H20FN5O4S/c23-17-12-15(3-5-19(17)32-16-2-1-7-24-13-16)4-6-20(29)26-27-21(30)18-14-33-22(25-18)28-8-10-31-11-9-28/h1-7,12-14H,8-11H2,(H,26,29)(H,27,30)/b6-4+. The summed E-state index contributed by atoms with van der Waals surface area (Å²) in [5.41, 5.74) is 5.24. The summed E-state index contributed by atoms with van der Waals surface area (Å²) in [5, 5.41) is 2.35. The zero-order chi connectivity index (χ0) is 23.0. The second-order valence-electron chi connectivity index (χ2n) is 6.87. The van der Waals surface area contributed by atoms with E-state index in [9.17, 15) is 14.0 Å². The Hall–Kier alpha value is -3.83. The predicted molar refractivity (Wildman–Crippen MR) is 120 cm³/mol. The number of hydrogen-bond acceptors (Lipinski definition) is 8. The summed E-state index contributed by atoms with van der Waals surface area (Å²) in [7, 11) is 0. The van der Waals surface area contributed by atoms with Gasteiger partial charge in [-0.2, -0.15) is 0 Å². The Bertz CT molecular complexity index is 1150. The molecule has 1 saturated heterocycles. The Morgan fingerprint density at radius 3 is 2.82 bits per heavy atom. The molecule has 0 bridgehead atoms. The number of halogens is 1. The first-order valence-corrected chi connectivity index (χ1v) is 10.9. The van der Waals surface area contributed by atoms with Gasteiger partial charge in [0.05, 0.1) is 19.4 Å². The van der Waals surface area contributed by atoms with Gasteiger partial charge in [-0.15, -0.1) is 11.3 Å². The number of hydrogen-bond donors (Lipinski definition) is 2. The van der Waals surface area contributed by atoms with Gasteiger partial charge in [-0.05, 0) is 35.9 Å². The van der Waals surface area contributed by atoms with Crippen LogP contribution in [0.5, 0.6) is 11.5 Å². The number of morpholine rings is 1. The van der Waals surface area contributed by atoms with Gasteiger partial charge in [0.15, 0.2) is 16.7 Å². The highest BCUT2D eigenvalue weighted by Gasteiger charge is 2.17. The summed E-state index contributed by atoms with van der Waals surface area (Å²) in [6.45, 7) is 2.67. The lowest BCUT2D eigenvalue weighted by Crippen LogP contribution is -2.41. The fourth-order valence-corrected chi connectivity index (χ4v) is 3.76. The van der Waals surface area contributed by atoms with Crippen molar-refractivity contribution in [2.75, 3.05) is 31.2 Å². The summed E-state index contributed by atoms with van der Waals surface area (Å²) in [6.07, 6.45) is 5.65. The number of ether oxygens (including phenoxy) is 2. The molecule has 4 rings (SSSR count). The van der Waals surface area contributed by atoms with Crippen LogP contribution in [-0.2, 0) is 9.53 Å². The van der Waals surface area contributed by atoms with Gasteiger partial charge >= 0.3 is 0 Å². The lowest BCUT2D eigenvalue weighted by Gasteiger charge is -2.25. The summed E-state index contributed by atoms with van der Waals surface area (Å²) >= 11 is 1.35.